The third-order valence-corrected chi connectivity index (χ3v) is 13.7. The standard InChI is InChI=1S/C54H37F4N3O5S2/c55-37-12-6-10-34(23-37)36-25-45(32-8-2-1-3-9-32)50(46(26-36)35-11-7-13-38(56)24-35)67-41-28-40(29-59-51(63)33-18-16-31(17-19-33)22-48-52(64)60-54(66)68-48)61(30-41)53(65)43-15-5-4-14-42(43)49(62)44-21-20-39(57)27-47(44)58/h1-27,40-41H,28-30H2,(H,59,63)(H,60,64,66)/b48-22-/t40-,41+/m0/s1. The van der Waals surface area contributed by atoms with Crippen molar-refractivity contribution in [2.45, 2.75) is 22.6 Å². The molecule has 14 heteroatoms. The van der Waals surface area contributed by atoms with Gasteiger partial charge in [-0.1, -0.05) is 84.9 Å². The Bertz CT molecular complexity index is 3180. The Labute approximate surface area is 396 Å². The number of ketones is 1. The minimum Gasteiger partial charge on any atom is -0.350 e. The van der Waals surface area contributed by atoms with Crippen molar-refractivity contribution in [2.75, 3.05) is 13.1 Å². The highest BCUT2D eigenvalue weighted by molar-refractivity contribution is 8.18. The number of thioether (sulfide) groups is 2. The van der Waals surface area contributed by atoms with Crippen LogP contribution in [0.25, 0.3) is 39.5 Å². The van der Waals surface area contributed by atoms with Gasteiger partial charge in [-0.05, 0) is 130 Å². The number of hydrogen-bond donors (Lipinski definition) is 2. The van der Waals surface area contributed by atoms with Crippen LogP contribution in [0.5, 0.6) is 0 Å². The van der Waals surface area contributed by atoms with Gasteiger partial charge in [0.15, 0.2) is 5.78 Å². The van der Waals surface area contributed by atoms with Gasteiger partial charge in [0, 0.05) is 40.4 Å². The van der Waals surface area contributed by atoms with Crippen molar-refractivity contribution < 1.29 is 41.5 Å². The molecule has 9 rings (SSSR count). The summed E-state index contributed by atoms with van der Waals surface area (Å²) in [5, 5.41) is 4.34. The molecule has 0 aliphatic carbocycles. The summed E-state index contributed by atoms with van der Waals surface area (Å²) in [4.78, 5) is 68.8. The molecule has 2 atom stereocenters. The monoisotopic (exact) mass is 947 g/mol. The molecule has 68 heavy (non-hydrogen) atoms. The zero-order valence-corrected chi connectivity index (χ0v) is 37.3. The van der Waals surface area contributed by atoms with E-state index in [0.717, 1.165) is 39.9 Å². The molecule has 7 aromatic rings. The molecule has 0 bridgehead atoms. The minimum absolute atomic E-state index is 0.0180. The second-order valence-corrected chi connectivity index (χ2v) is 18.4. The van der Waals surface area contributed by atoms with Crippen LogP contribution in [-0.4, -0.2) is 58.0 Å². The van der Waals surface area contributed by atoms with Crippen molar-refractivity contribution in [2.24, 2.45) is 0 Å². The summed E-state index contributed by atoms with van der Waals surface area (Å²) >= 11 is 2.25. The Morgan fingerprint density at radius 1 is 0.662 bits per heavy atom. The van der Waals surface area contributed by atoms with Crippen molar-refractivity contribution >= 4 is 58.3 Å². The quantitative estimate of drug-likeness (QED) is 0.0712. The van der Waals surface area contributed by atoms with Gasteiger partial charge in [-0.25, -0.2) is 17.6 Å². The highest BCUT2D eigenvalue weighted by Crippen LogP contribution is 2.46. The molecule has 0 radical (unpaired) electrons. The Kier molecular flexibility index (Phi) is 13.2. The van der Waals surface area contributed by atoms with E-state index in [1.54, 1.807) is 65.6 Å². The number of hydrogen-bond acceptors (Lipinski definition) is 7. The second-order valence-electron chi connectivity index (χ2n) is 16.1. The summed E-state index contributed by atoms with van der Waals surface area (Å²) < 4.78 is 58.6. The van der Waals surface area contributed by atoms with Crippen LogP contribution in [0.2, 0.25) is 0 Å². The normalized spacial score (nSPS) is 16.2. The summed E-state index contributed by atoms with van der Waals surface area (Å²) in [6.07, 6.45) is 1.88. The van der Waals surface area contributed by atoms with Crippen LogP contribution >= 0.6 is 23.5 Å². The van der Waals surface area contributed by atoms with Gasteiger partial charge in [-0.3, -0.25) is 29.3 Å². The van der Waals surface area contributed by atoms with Crippen LogP contribution < -0.4 is 10.6 Å². The number of carbonyl (C=O) groups is 5. The average Bonchev–Trinajstić information content (AvgIpc) is 3.90. The predicted octanol–water partition coefficient (Wildman–Crippen LogP) is 11.6. The summed E-state index contributed by atoms with van der Waals surface area (Å²) in [5.41, 5.74) is 4.51. The Hall–Kier alpha value is -7.55. The van der Waals surface area contributed by atoms with Crippen molar-refractivity contribution in [3.63, 3.8) is 0 Å². The summed E-state index contributed by atoms with van der Waals surface area (Å²) in [7, 11) is 0. The van der Waals surface area contributed by atoms with E-state index in [9.17, 15) is 32.8 Å². The van der Waals surface area contributed by atoms with Crippen LogP contribution in [0.15, 0.2) is 168 Å². The van der Waals surface area contributed by atoms with Crippen LogP contribution in [0.3, 0.4) is 0 Å². The number of halogens is 4. The number of nitrogens with one attached hydrogen (secondary N) is 2. The first-order chi connectivity index (χ1) is 32.9. The first-order valence-corrected chi connectivity index (χ1v) is 23.0. The first kappa shape index (κ1) is 45.6. The lowest BCUT2D eigenvalue weighted by Gasteiger charge is -2.26. The third-order valence-electron chi connectivity index (χ3n) is 11.6. The SMILES string of the molecule is O=C1NC(=O)/C(=C/c2ccc(C(=O)NC[C@@H]3C[C@@H](Sc4c(-c5ccccc5)cc(-c5cccc(F)c5)cc4-c4cccc(F)c4)CN3C(=O)c3ccccc3C(=O)c3ccc(F)cc3F)cc2)S1. The van der Waals surface area contributed by atoms with Crippen LogP contribution in [-0.2, 0) is 4.79 Å². The molecule has 2 fully saturated rings. The lowest BCUT2D eigenvalue weighted by atomic mass is 9.93. The number of amides is 4. The summed E-state index contributed by atoms with van der Waals surface area (Å²) in [6, 6.07) is 40.2. The van der Waals surface area contributed by atoms with E-state index in [-0.39, 0.29) is 39.9 Å². The topological polar surface area (TPSA) is 113 Å². The Balaban J connectivity index is 1.08. The van der Waals surface area contributed by atoms with E-state index in [0.29, 0.717) is 40.3 Å². The molecule has 2 saturated heterocycles. The maximum absolute atomic E-state index is 15.1. The highest BCUT2D eigenvalue weighted by Gasteiger charge is 2.38. The number of carbonyl (C=O) groups excluding carboxylic acids is 5. The molecule has 7 aromatic carbocycles. The van der Waals surface area contributed by atoms with Crippen molar-refractivity contribution in [1.29, 1.82) is 0 Å². The zero-order valence-electron chi connectivity index (χ0n) is 35.7. The molecule has 0 unspecified atom stereocenters. The fourth-order valence-corrected chi connectivity index (χ4v) is 10.5. The Morgan fingerprint density at radius 3 is 1.97 bits per heavy atom. The molecule has 0 saturated carbocycles. The van der Waals surface area contributed by atoms with Crippen molar-refractivity contribution in [3.8, 4) is 33.4 Å². The lowest BCUT2D eigenvalue weighted by Crippen LogP contribution is -2.43. The number of benzene rings is 7. The summed E-state index contributed by atoms with van der Waals surface area (Å²) in [5.74, 6) is -5.15. The first-order valence-electron chi connectivity index (χ1n) is 21.3. The molecule has 2 aliphatic rings. The zero-order chi connectivity index (χ0) is 47.5. The fraction of sp³-hybridized carbons (Fsp3) is 0.0926. The number of likely N-dealkylation sites (tertiary alicyclic amines) is 1. The highest BCUT2D eigenvalue weighted by atomic mass is 32.2. The minimum atomic E-state index is -1.08. The molecule has 0 aromatic heterocycles. The van der Waals surface area contributed by atoms with Crippen LogP contribution in [0, 0.1) is 23.3 Å². The van der Waals surface area contributed by atoms with E-state index in [4.69, 9.17) is 0 Å². The number of imide groups is 1. The van der Waals surface area contributed by atoms with E-state index >= 15 is 8.78 Å². The van der Waals surface area contributed by atoms with E-state index in [2.05, 4.69) is 10.6 Å². The number of nitrogens with zero attached hydrogens (tertiary/aromatic N) is 1. The molecular weight excluding hydrogens is 911 g/mol. The fourth-order valence-electron chi connectivity index (χ4n) is 8.32. The van der Waals surface area contributed by atoms with Gasteiger partial charge in [0.1, 0.15) is 23.3 Å². The largest absolute Gasteiger partial charge is 0.350 e. The van der Waals surface area contributed by atoms with Crippen LogP contribution in [0.4, 0.5) is 22.4 Å². The van der Waals surface area contributed by atoms with Gasteiger partial charge in [0.25, 0.3) is 23.0 Å². The maximum atomic E-state index is 15.1. The molecule has 0 spiro atoms. The number of rotatable bonds is 12. The van der Waals surface area contributed by atoms with E-state index in [1.165, 1.54) is 54.2 Å². The predicted molar refractivity (Wildman–Crippen MR) is 256 cm³/mol. The molecular formula is C54H37F4N3O5S2. The lowest BCUT2D eigenvalue weighted by molar-refractivity contribution is -0.115. The van der Waals surface area contributed by atoms with E-state index in [1.807, 2.05) is 42.5 Å². The molecule has 2 heterocycles. The molecule has 338 valence electrons. The van der Waals surface area contributed by atoms with Crippen molar-refractivity contribution in [1.82, 2.24) is 15.5 Å². The van der Waals surface area contributed by atoms with Gasteiger partial charge in [0.2, 0.25) is 0 Å². The molecule has 8 nitrogen and oxygen atoms in total. The van der Waals surface area contributed by atoms with Gasteiger partial charge in [-0.2, -0.15) is 0 Å². The third kappa shape index (κ3) is 9.92. The van der Waals surface area contributed by atoms with Gasteiger partial charge in [0.05, 0.1) is 22.1 Å². The van der Waals surface area contributed by atoms with Gasteiger partial charge >= 0.3 is 0 Å². The van der Waals surface area contributed by atoms with E-state index < -0.39 is 63.6 Å². The molecule has 2 N–H and O–H groups in total. The average molecular weight is 948 g/mol. The molecule has 4 amide bonds. The molecule has 2 aliphatic heterocycles. The van der Waals surface area contributed by atoms with Gasteiger partial charge < -0.3 is 10.2 Å². The Morgan fingerprint density at radius 2 is 1.29 bits per heavy atom. The van der Waals surface area contributed by atoms with Crippen LogP contribution in [0.1, 0.15) is 48.6 Å². The maximum Gasteiger partial charge on any atom is 0.290 e. The summed E-state index contributed by atoms with van der Waals surface area (Å²) in [6.45, 7) is 0.104. The second kappa shape index (κ2) is 19.7. The smallest absolute Gasteiger partial charge is 0.290 e. The van der Waals surface area contributed by atoms with Gasteiger partial charge in [-0.15, -0.1) is 11.8 Å². The van der Waals surface area contributed by atoms with Crippen molar-refractivity contribution in [3.05, 3.63) is 214 Å².